The first kappa shape index (κ1) is 27.9. The molecule has 1 aliphatic heterocycles. The van der Waals surface area contributed by atoms with Gasteiger partial charge in [-0.15, -0.1) is 11.8 Å². The number of esters is 3. The van der Waals surface area contributed by atoms with E-state index < -0.39 is 41.1 Å². The highest BCUT2D eigenvalue weighted by atomic mass is 32.2. The number of rotatable bonds is 9. The second kappa shape index (κ2) is 10.4. The summed E-state index contributed by atoms with van der Waals surface area (Å²) in [5.41, 5.74) is 0.0967. The molecule has 0 N–H and O–H groups in total. The van der Waals surface area contributed by atoms with Crippen LogP contribution < -0.4 is 0 Å². The first-order valence-electron chi connectivity index (χ1n) is 13.1. The molecule has 39 heavy (non-hydrogen) atoms. The van der Waals surface area contributed by atoms with Crippen LogP contribution in [-0.2, 0) is 38.7 Å². The average Bonchev–Trinajstić information content (AvgIpc) is 3.46. The van der Waals surface area contributed by atoms with Crippen LogP contribution in [0.1, 0.15) is 66.5 Å². The zero-order valence-electron chi connectivity index (χ0n) is 22.8. The Hall–Kier alpha value is -2.63. The highest BCUT2D eigenvalue weighted by Crippen LogP contribution is 2.62. The first-order valence-corrected chi connectivity index (χ1v) is 14.3. The van der Waals surface area contributed by atoms with Crippen molar-refractivity contribution in [2.45, 2.75) is 63.8 Å². The molecule has 0 unspecified atom stereocenters. The van der Waals surface area contributed by atoms with Crippen molar-refractivity contribution in [2.75, 3.05) is 38.9 Å². The molecule has 212 valence electrons. The molecule has 5 rings (SSSR count). The van der Waals surface area contributed by atoms with Crippen LogP contribution in [0.2, 0.25) is 0 Å². The van der Waals surface area contributed by atoms with E-state index in [4.69, 9.17) is 28.1 Å². The number of hydrogen-bond donors (Lipinski definition) is 0. The Morgan fingerprint density at radius 2 is 1.90 bits per heavy atom. The topological polar surface area (TPSA) is 128 Å². The van der Waals surface area contributed by atoms with Gasteiger partial charge in [-0.1, -0.05) is 6.92 Å². The van der Waals surface area contributed by atoms with Gasteiger partial charge in [0.05, 0.1) is 24.4 Å². The van der Waals surface area contributed by atoms with Crippen molar-refractivity contribution < 1.29 is 47.3 Å². The molecule has 0 amide bonds. The van der Waals surface area contributed by atoms with Crippen LogP contribution in [0.3, 0.4) is 0 Å². The van der Waals surface area contributed by atoms with Gasteiger partial charge in [0, 0.05) is 43.4 Å². The Balaban J connectivity index is 1.58. The Morgan fingerprint density at radius 1 is 1.13 bits per heavy atom. The molecular formula is C28H34O10S. The summed E-state index contributed by atoms with van der Waals surface area (Å²) in [5.74, 6) is -1.04. The van der Waals surface area contributed by atoms with E-state index in [-0.39, 0.29) is 41.4 Å². The maximum absolute atomic E-state index is 14.1. The molecule has 0 spiro atoms. The van der Waals surface area contributed by atoms with Gasteiger partial charge in [0.15, 0.2) is 5.76 Å². The van der Waals surface area contributed by atoms with E-state index in [1.165, 1.54) is 32.1 Å². The third-order valence-corrected chi connectivity index (χ3v) is 9.72. The summed E-state index contributed by atoms with van der Waals surface area (Å²) in [6, 6.07) is 0. The van der Waals surface area contributed by atoms with E-state index in [9.17, 15) is 19.2 Å². The van der Waals surface area contributed by atoms with E-state index in [1.54, 1.807) is 7.11 Å². The summed E-state index contributed by atoms with van der Waals surface area (Å²) in [6.45, 7) is 5.83. The van der Waals surface area contributed by atoms with E-state index in [2.05, 4.69) is 0 Å². The van der Waals surface area contributed by atoms with Crippen LogP contribution >= 0.6 is 11.8 Å². The van der Waals surface area contributed by atoms with Gasteiger partial charge in [0.25, 0.3) is 0 Å². The van der Waals surface area contributed by atoms with Crippen molar-refractivity contribution >= 4 is 35.5 Å². The third-order valence-electron chi connectivity index (χ3n) is 8.82. The monoisotopic (exact) mass is 562 g/mol. The number of ether oxygens (including phenoxy) is 5. The standard InChI is InChI=1S/C28H34O10S/c1-14(29)36-17-10-27(2)16(6-7-18(27)37-20(30)13-39-9-8-33-4)21-23(17)28(3)19(12-34-5)38-26(32)15-11-35-25(22(15)28)24(21)31/h11,16-19H,6-10,12-13H2,1-5H3/t16-,17+,18-,19+,27-,28-/m0/s1. The number of carbonyl (C=O) groups is 4. The first-order chi connectivity index (χ1) is 18.6. The summed E-state index contributed by atoms with van der Waals surface area (Å²) in [7, 11) is 3.12. The summed E-state index contributed by atoms with van der Waals surface area (Å²) in [5, 5.41) is 0. The largest absolute Gasteiger partial charge is 0.461 e. The maximum atomic E-state index is 14.1. The van der Waals surface area contributed by atoms with Gasteiger partial charge in [-0.05, 0) is 37.7 Å². The number of fused-ring (bicyclic) bond motifs is 3. The lowest BCUT2D eigenvalue weighted by molar-refractivity contribution is -0.158. The molecule has 1 fully saturated rings. The predicted octanol–water partition coefficient (Wildman–Crippen LogP) is 3.26. The number of ketones is 1. The zero-order chi connectivity index (χ0) is 28.1. The quantitative estimate of drug-likeness (QED) is 0.250. The number of hydrogen-bond acceptors (Lipinski definition) is 11. The molecule has 0 bridgehead atoms. The Morgan fingerprint density at radius 3 is 2.59 bits per heavy atom. The SMILES string of the molecule is COCCSCC(=O)O[C@H]1CC[C@H]2C3=C([C@H](OC(C)=O)C[C@]12C)[C@]1(C)c2c(coc2C3=O)C(=O)O[C@@H]1COC. The second-order valence-corrected chi connectivity index (χ2v) is 12.1. The van der Waals surface area contributed by atoms with Gasteiger partial charge in [0.1, 0.15) is 30.1 Å². The molecule has 1 saturated carbocycles. The smallest absolute Gasteiger partial charge is 0.342 e. The van der Waals surface area contributed by atoms with Crippen LogP contribution in [-0.4, -0.2) is 80.9 Å². The van der Waals surface area contributed by atoms with E-state index in [1.807, 2.05) is 13.8 Å². The molecular weight excluding hydrogens is 528 g/mol. The molecule has 4 aliphatic rings. The van der Waals surface area contributed by atoms with Crippen LogP contribution in [0.15, 0.2) is 21.8 Å². The van der Waals surface area contributed by atoms with E-state index in [0.29, 0.717) is 48.3 Å². The molecule has 0 radical (unpaired) electrons. The molecule has 10 nitrogen and oxygen atoms in total. The van der Waals surface area contributed by atoms with Crippen molar-refractivity contribution in [3.05, 3.63) is 34.3 Å². The van der Waals surface area contributed by atoms with Crippen LogP contribution in [0.25, 0.3) is 0 Å². The molecule has 11 heteroatoms. The fourth-order valence-corrected chi connectivity index (χ4v) is 7.80. The Kier molecular flexibility index (Phi) is 7.45. The normalized spacial score (nSPS) is 32.7. The van der Waals surface area contributed by atoms with Gasteiger partial charge in [0.2, 0.25) is 5.78 Å². The number of thioether (sulfide) groups is 1. The van der Waals surface area contributed by atoms with Crippen molar-refractivity contribution in [3.63, 3.8) is 0 Å². The van der Waals surface area contributed by atoms with Crippen molar-refractivity contribution in [3.8, 4) is 0 Å². The molecule has 6 atom stereocenters. The summed E-state index contributed by atoms with van der Waals surface area (Å²) in [6.07, 6.45) is 0.772. The fourth-order valence-electron chi connectivity index (χ4n) is 7.14. The van der Waals surface area contributed by atoms with Crippen molar-refractivity contribution in [1.29, 1.82) is 0 Å². The highest BCUT2D eigenvalue weighted by molar-refractivity contribution is 7.99. The maximum Gasteiger partial charge on any atom is 0.342 e. The molecule has 1 aromatic heterocycles. The summed E-state index contributed by atoms with van der Waals surface area (Å²) < 4.78 is 33.9. The van der Waals surface area contributed by atoms with Crippen LogP contribution in [0.4, 0.5) is 0 Å². The third kappa shape index (κ3) is 4.33. The van der Waals surface area contributed by atoms with Crippen LogP contribution in [0, 0.1) is 11.3 Å². The van der Waals surface area contributed by atoms with Crippen LogP contribution in [0.5, 0.6) is 0 Å². The Labute approximate surface area is 231 Å². The number of methoxy groups -OCH3 is 2. The van der Waals surface area contributed by atoms with Gasteiger partial charge in [-0.25, -0.2) is 4.79 Å². The minimum Gasteiger partial charge on any atom is -0.461 e. The molecule has 1 aromatic rings. The van der Waals surface area contributed by atoms with E-state index in [0.717, 1.165) is 0 Å². The van der Waals surface area contributed by atoms with Gasteiger partial charge >= 0.3 is 17.9 Å². The highest BCUT2D eigenvalue weighted by Gasteiger charge is 2.65. The average molecular weight is 563 g/mol. The fraction of sp³-hybridized carbons (Fsp3) is 0.643. The summed E-state index contributed by atoms with van der Waals surface area (Å²) in [4.78, 5) is 52.0. The molecule has 0 saturated heterocycles. The van der Waals surface area contributed by atoms with Crippen molar-refractivity contribution in [1.82, 2.24) is 0 Å². The molecule has 2 heterocycles. The molecule has 3 aliphatic carbocycles. The number of furan rings is 1. The number of Topliss-reactive ketones (excluding diaryl/α,β-unsaturated/α-hetero) is 1. The number of allylic oxidation sites excluding steroid dienone is 1. The van der Waals surface area contributed by atoms with Gasteiger partial charge in [-0.3, -0.25) is 14.4 Å². The minimum atomic E-state index is -1.01. The lowest BCUT2D eigenvalue weighted by Crippen LogP contribution is -2.57. The number of cyclic esters (lactones) is 1. The minimum absolute atomic E-state index is 0.0764. The van der Waals surface area contributed by atoms with Gasteiger partial charge < -0.3 is 28.1 Å². The zero-order valence-corrected chi connectivity index (χ0v) is 23.6. The number of carbonyl (C=O) groups excluding carboxylic acids is 4. The van der Waals surface area contributed by atoms with E-state index >= 15 is 0 Å². The van der Waals surface area contributed by atoms with Gasteiger partial charge in [-0.2, -0.15) is 0 Å². The molecule has 0 aromatic carbocycles. The lowest BCUT2D eigenvalue weighted by atomic mass is 9.54. The Bertz CT molecular complexity index is 1230. The predicted molar refractivity (Wildman–Crippen MR) is 139 cm³/mol. The summed E-state index contributed by atoms with van der Waals surface area (Å²) >= 11 is 1.44. The lowest BCUT2D eigenvalue weighted by Gasteiger charge is -2.52. The second-order valence-electron chi connectivity index (χ2n) is 11.0. The van der Waals surface area contributed by atoms with Crippen molar-refractivity contribution in [2.24, 2.45) is 11.3 Å².